The molecule has 0 spiro atoms. The van der Waals surface area contributed by atoms with Gasteiger partial charge in [0.05, 0.1) is 5.52 Å². The molecular formula is C44H32N6O. The minimum absolute atomic E-state index is 0.719. The molecule has 0 aliphatic carbocycles. The Balaban J connectivity index is 1.22. The summed E-state index contributed by atoms with van der Waals surface area (Å²) in [5.41, 5.74) is 13.7. The summed E-state index contributed by atoms with van der Waals surface area (Å²) in [5, 5.41) is 6.31. The number of fused-ring (bicyclic) bond motifs is 12. The molecule has 0 fully saturated rings. The van der Waals surface area contributed by atoms with Crippen molar-refractivity contribution < 1.29 is 4.74 Å². The van der Waals surface area contributed by atoms with Gasteiger partial charge < -0.3 is 4.74 Å². The maximum absolute atomic E-state index is 6.64. The zero-order valence-electron chi connectivity index (χ0n) is 28.6. The summed E-state index contributed by atoms with van der Waals surface area (Å²) in [4.78, 5) is 18.4. The third kappa shape index (κ3) is 4.31. The SMILES string of the molecule is Cc1cccc(C)c1-c1ccc2c(c1-c1c(C)cccc1C)c1ccc(Oc3ccc4c5cncnc5n5ccnc5c4c3)cc1c1nccn21. The molecule has 51 heavy (non-hydrogen) atoms. The highest BCUT2D eigenvalue weighted by molar-refractivity contribution is 6.20. The zero-order valence-corrected chi connectivity index (χ0v) is 28.6. The molecule has 5 heterocycles. The average Bonchev–Trinajstić information content (AvgIpc) is 3.84. The van der Waals surface area contributed by atoms with Crippen molar-refractivity contribution in [3.05, 3.63) is 144 Å². The van der Waals surface area contributed by atoms with Crippen molar-refractivity contribution in [2.75, 3.05) is 0 Å². The molecule has 0 amide bonds. The van der Waals surface area contributed by atoms with E-state index in [2.05, 4.69) is 132 Å². The minimum Gasteiger partial charge on any atom is -0.457 e. The molecule has 0 bridgehead atoms. The Kier molecular flexibility index (Phi) is 6.30. The van der Waals surface area contributed by atoms with Crippen LogP contribution in [0.25, 0.3) is 77.0 Å². The van der Waals surface area contributed by atoms with Crippen molar-refractivity contribution in [1.29, 1.82) is 0 Å². The van der Waals surface area contributed by atoms with Gasteiger partial charge in [-0.05, 0) is 120 Å². The lowest BCUT2D eigenvalue weighted by molar-refractivity contribution is 0.484. The zero-order chi connectivity index (χ0) is 34.4. The Morgan fingerprint density at radius 2 is 1.10 bits per heavy atom. The third-order valence-corrected chi connectivity index (χ3v) is 10.4. The smallest absolute Gasteiger partial charge is 0.149 e. The van der Waals surface area contributed by atoms with E-state index in [-0.39, 0.29) is 0 Å². The predicted molar refractivity (Wildman–Crippen MR) is 206 cm³/mol. The van der Waals surface area contributed by atoms with Crippen molar-refractivity contribution in [2.24, 2.45) is 0 Å². The first-order valence-corrected chi connectivity index (χ1v) is 17.1. The van der Waals surface area contributed by atoms with Crippen molar-refractivity contribution in [2.45, 2.75) is 27.7 Å². The molecule has 0 aliphatic rings. The van der Waals surface area contributed by atoms with E-state index in [1.165, 1.54) is 49.9 Å². The van der Waals surface area contributed by atoms with Crippen molar-refractivity contribution in [3.63, 3.8) is 0 Å². The number of aryl methyl sites for hydroxylation is 4. The monoisotopic (exact) mass is 660 g/mol. The lowest BCUT2D eigenvalue weighted by Gasteiger charge is -2.22. The van der Waals surface area contributed by atoms with Gasteiger partial charge in [-0.25, -0.2) is 19.9 Å². The minimum atomic E-state index is 0.719. The van der Waals surface area contributed by atoms with Gasteiger partial charge >= 0.3 is 0 Å². The van der Waals surface area contributed by atoms with Gasteiger partial charge in [0, 0.05) is 58.1 Å². The Morgan fingerprint density at radius 1 is 0.510 bits per heavy atom. The molecule has 0 saturated heterocycles. The highest BCUT2D eigenvalue weighted by Gasteiger charge is 2.22. The predicted octanol–water partition coefficient (Wildman–Crippen LogP) is 10.7. The largest absolute Gasteiger partial charge is 0.457 e. The van der Waals surface area contributed by atoms with Crippen LogP contribution in [0.5, 0.6) is 11.5 Å². The highest BCUT2D eigenvalue weighted by atomic mass is 16.5. The Labute approximate surface area is 293 Å². The maximum Gasteiger partial charge on any atom is 0.149 e. The average molecular weight is 661 g/mol. The molecule has 244 valence electrons. The Morgan fingerprint density at radius 3 is 1.80 bits per heavy atom. The number of nitrogens with zero attached hydrogens (tertiary/aromatic N) is 6. The molecule has 10 aromatic rings. The van der Waals surface area contributed by atoms with Crippen molar-refractivity contribution in [3.8, 4) is 33.8 Å². The lowest BCUT2D eigenvalue weighted by atomic mass is 9.83. The number of pyridine rings is 2. The molecule has 0 saturated carbocycles. The van der Waals surface area contributed by atoms with E-state index in [0.29, 0.717) is 0 Å². The lowest BCUT2D eigenvalue weighted by Crippen LogP contribution is -1.99. The van der Waals surface area contributed by atoms with Crippen LogP contribution in [0.2, 0.25) is 0 Å². The first-order valence-electron chi connectivity index (χ1n) is 17.1. The van der Waals surface area contributed by atoms with Crippen LogP contribution in [0.4, 0.5) is 0 Å². The number of imidazole rings is 2. The van der Waals surface area contributed by atoms with Crippen molar-refractivity contribution >= 4 is 54.8 Å². The Hall–Kier alpha value is -6.60. The van der Waals surface area contributed by atoms with Crippen LogP contribution in [-0.2, 0) is 0 Å². The van der Waals surface area contributed by atoms with Gasteiger partial charge in [-0.2, -0.15) is 0 Å². The molecular weight excluding hydrogens is 629 g/mol. The summed E-state index contributed by atoms with van der Waals surface area (Å²) < 4.78 is 10.9. The van der Waals surface area contributed by atoms with Crippen molar-refractivity contribution in [1.82, 2.24) is 28.7 Å². The van der Waals surface area contributed by atoms with E-state index in [9.17, 15) is 0 Å². The molecule has 0 aliphatic heterocycles. The summed E-state index contributed by atoms with van der Waals surface area (Å²) in [6, 6.07) is 30.2. The fourth-order valence-corrected chi connectivity index (χ4v) is 8.19. The van der Waals surface area contributed by atoms with Crippen LogP contribution in [0.15, 0.2) is 122 Å². The molecule has 0 atom stereocenters. The second-order valence-corrected chi connectivity index (χ2v) is 13.4. The van der Waals surface area contributed by atoms with Crippen LogP contribution in [0.3, 0.4) is 0 Å². The quantitative estimate of drug-likeness (QED) is 0.176. The van der Waals surface area contributed by atoms with E-state index in [1.54, 1.807) is 12.5 Å². The van der Waals surface area contributed by atoms with Crippen LogP contribution in [0, 0.1) is 27.7 Å². The number of hydrogen-bond acceptors (Lipinski definition) is 5. The van der Waals surface area contributed by atoms with Crippen LogP contribution < -0.4 is 4.74 Å². The number of hydrogen-bond donors (Lipinski definition) is 0. The molecule has 10 rings (SSSR count). The normalized spacial score (nSPS) is 11.9. The molecule has 5 aromatic heterocycles. The summed E-state index contributed by atoms with van der Waals surface area (Å²) in [7, 11) is 0. The fourth-order valence-electron chi connectivity index (χ4n) is 8.19. The van der Waals surface area contributed by atoms with E-state index in [1.807, 2.05) is 29.1 Å². The molecule has 5 aromatic carbocycles. The summed E-state index contributed by atoms with van der Waals surface area (Å²) in [5.74, 6) is 1.45. The van der Waals surface area contributed by atoms with Gasteiger partial charge in [0.25, 0.3) is 0 Å². The van der Waals surface area contributed by atoms with Gasteiger partial charge in [0.15, 0.2) is 0 Å². The maximum atomic E-state index is 6.64. The summed E-state index contributed by atoms with van der Waals surface area (Å²) in [6.07, 6.45) is 11.1. The highest BCUT2D eigenvalue weighted by Crippen LogP contribution is 2.46. The molecule has 0 radical (unpaired) electrons. The van der Waals surface area contributed by atoms with Crippen LogP contribution in [-0.4, -0.2) is 28.7 Å². The number of aromatic nitrogens is 6. The van der Waals surface area contributed by atoms with E-state index in [4.69, 9.17) is 9.72 Å². The number of rotatable bonds is 4. The van der Waals surface area contributed by atoms with Gasteiger partial charge in [-0.1, -0.05) is 42.5 Å². The van der Waals surface area contributed by atoms with Gasteiger partial charge in [-0.3, -0.25) is 8.80 Å². The van der Waals surface area contributed by atoms with E-state index >= 15 is 0 Å². The molecule has 7 heteroatoms. The number of benzene rings is 5. The number of ether oxygens (including phenoxy) is 1. The fraction of sp³-hybridized carbons (Fsp3) is 0.0909. The standard InChI is InChI=1S/C44H32N6O/c1-25-7-5-8-26(2)38(25)33-15-16-37-40(41(33)39-27(3)9-6-10-28(39)4)32-14-12-30(22-35(32)42-46-17-19-49(37)42)51-29-11-13-31-34(21-29)43-47-18-20-50(43)44-36(31)23-45-24-48-44/h5-24H,1-4H3. The molecule has 0 N–H and O–H groups in total. The second-order valence-electron chi connectivity index (χ2n) is 13.4. The van der Waals surface area contributed by atoms with Gasteiger partial charge in [0.2, 0.25) is 0 Å². The second kappa shape index (κ2) is 11.0. The van der Waals surface area contributed by atoms with E-state index < -0.39 is 0 Å². The van der Waals surface area contributed by atoms with Crippen LogP contribution >= 0.6 is 0 Å². The van der Waals surface area contributed by atoms with E-state index in [0.717, 1.165) is 60.9 Å². The van der Waals surface area contributed by atoms with Gasteiger partial charge in [-0.15, -0.1) is 0 Å². The Bertz CT molecular complexity index is 3020. The van der Waals surface area contributed by atoms with Gasteiger partial charge in [0.1, 0.15) is 34.8 Å². The van der Waals surface area contributed by atoms with Crippen LogP contribution in [0.1, 0.15) is 22.3 Å². The third-order valence-electron chi connectivity index (χ3n) is 10.4. The molecule has 0 unspecified atom stereocenters. The summed E-state index contributed by atoms with van der Waals surface area (Å²) >= 11 is 0. The first kappa shape index (κ1) is 29.3. The summed E-state index contributed by atoms with van der Waals surface area (Å²) in [6.45, 7) is 8.86. The topological polar surface area (TPSA) is 69.6 Å². The molecule has 7 nitrogen and oxygen atoms in total. The first-order chi connectivity index (χ1) is 25.0.